The molecule has 0 aliphatic heterocycles. The average Bonchev–Trinajstić information content (AvgIpc) is 3.21. The first-order chi connectivity index (χ1) is 9.53. The highest BCUT2D eigenvalue weighted by atomic mass is 16.5. The minimum Gasteiger partial charge on any atom is -0.465 e. The van der Waals surface area contributed by atoms with E-state index >= 15 is 0 Å². The number of esters is 1. The van der Waals surface area contributed by atoms with Crippen LogP contribution in [-0.4, -0.2) is 36.9 Å². The highest BCUT2D eigenvalue weighted by Gasteiger charge is 2.40. The average molecular weight is 283 g/mol. The molecule has 0 radical (unpaired) electrons. The molecule has 20 heavy (non-hydrogen) atoms. The van der Waals surface area contributed by atoms with E-state index < -0.39 is 5.54 Å². The Kier molecular flexibility index (Phi) is 5.44. The van der Waals surface area contributed by atoms with Crippen LogP contribution >= 0.6 is 0 Å². The van der Waals surface area contributed by atoms with Crippen LogP contribution in [0.1, 0.15) is 59.3 Å². The van der Waals surface area contributed by atoms with Gasteiger partial charge in [0, 0.05) is 6.04 Å². The SMILES string of the molecule is CCOC(=O)C(C)(COC1CCCC(C)C1)NC1CC1. The van der Waals surface area contributed by atoms with Crippen LogP contribution in [0.25, 0.3) is 0 Å². The molecule has 4 nitrogen and oxygen atoms in total. The molecular weight excluding hydrogens is 254 g/mol. The second-order valence-electron chi connectivity index (χ2n) is 6.68. The molecule has 3 atom stereocenters. The van der Waals surface area contributed by atoms with Crippen LogP contribution in [0, 0.1) is 5.92 Å². The van der Waals surface area contributed by atoms with Crippen LogP contribution in [0.4, 0.5) is 0 Å². The Morgan fingerprint density at radius 1 is 1.30 bits per heavy atom. The number of carbonyl (C=O) groups is 1. The molecule has 1 N–H and O–H groups in total. The zero-order valence-electron chi connectivity index (χ0n) is 13.1. The molecular formula is C16H29NO3. The lowest BCUT2D eigenvalue weighted by molar-refractivity contribution is -0.155. The number of hydrogen-bond acceptors (Lipinski definition) is 4. The topological polar surface area (TPSA) is 47.6 Å². The van der Waals surface area contributed by atoms with Crippen LogP contribution in [0.2, 0.25) is 0 Å². The molecule has 2 aliphatic carbocycles. The number of hydrogen-bond donors (Lipinski definition) is 1. The Morgan fingerprint density at radius 2 is 2.05 bits per heavy atom. The van der Waals surface area contributed by atoms with Crippen LogP contribution in [-0.2, 0) is 14.3 Å². The standard InChI is InChI=1S/C16H29NO3/c1-4-19-15(18)16(3,17-13-8-9-13)11-20-14-7-5-6-12(2)10-14/h12-14,17H,4-11H2,1-3H3. The molecule has 2 fully saturated rings. The molecule has 0 heterocycles. The lowest BCUT2D eigenvalue weighted by atomic mass is 9.88. The highest BCUT2D eigenvalue weighted by molar-refractivity contribution is 5.80. The van der Waals surface area contributed by atoms with Crippen molar-refractivity contribution in [3.8, 4) is 0 Å². The number of carbonyl (C=O) groups excluding carboxylic acids is 1. The number of nitrogens with one attached hydrogen (secondary N) is 1. The summed E-state index contributed by atoms with van der Waals surface area (Å²) in [6, 6.07) is 0.457. The summed E-state index contributed by atoms with van der Waals surface area (Å²) in [5.74, 6) is 0.551. The van der Waals surface area contributed by atoms with E-state index in [4.69, 9.17) is 9.47 Å². The van der Waals surface area contributed by atoms with Gasteiger partial charge in [-0.1, -0.05) is 19.8 Å². The monoisotopic (exact) mass is 283 g/mol. The summed E-state index contributed by atoms with van der Waals surface area (Å²) in [6.07, 6.45) is 7.36. The van der Waals surface area contributed by atoms with Gasteiger partial charge < -0.3 is 9.47 Å². The van der Waals surface area contributed by atoms with Gasteiger partial charge in [-0.15, -0.1) is 0 Å². The summed E-state index contributed by atoms with van der Waals surface area (Å²) in [5, 5.41) is 3.40. The normalized spacial score (nSPS) is 29.8. The van der Waals surface area contributed by atoms with Crippen molar-refractivity contribution in [2.45, 2.75) is 77.0 Å². The summed E-state index contributed by atoms with van der Waals surface area (Å²) < 4.78 is 11.3. The van der Waals surface area contributed by atoms with Crippen molar-refractivity contribution in [3.05, 3.63) is 0 Å². The summed E-state index contributed by atoms with van der Waals surface area (Å²) in [6.45, 7) is 6.87. The first-order valence-electron chi connectivity index (χ1n) is 8.10. The molecule has 3 unspecified atom stereocenters. The van der Waals surface area contributed by atoms with E-state index in [1.807, 2.05) is 13.8 Å². The molecule has 2 saturated carbocycles. The largest absolute Gasteiger partial charge is 0.465 e. The zero-order valence-corrected chi connectivity index (χ0v) is 13.1. The van der Waals surface area contributed by atoms with Crippen molar-refractivity contribution < 1.29 is 14.3 Å². The smallest absolute Gasteiger partial charge is 0.328 e. The number of ether oxygens (including phenoxy) is 2. The number of rotatable bonds is 7. The highest BCUT2D eigenvalue weighted by Crippen LogP contribution is 2.28. The van der Waals surface area contributed by atoms with Gasteiger partial charge in [0.1, 0.15) is 5.54 Å². The molecule has 0 amide bonds. The van der Waals surface area contributed by atoms with E-state index in [0.29, 0.717) is 25.4 Å². The molecule has 0 aromatic heterocycles. The van der Waals surface area contributed by atoms with Gasteiger partial charge in [0.05, 0.1) is 19.3 Å². The molecule has 2 aliphatic rings. The predicted molar refractivity (Wildman–Crippen MR) is 78.6 cm³/mol. The van der Waals surface area contributed by atoms with Crippen molar-refractivity contribution in [1.82, 2.24) is 5.32 Å². The van der Waals surface area contributed by atoms with E-state index in [0.717, 1.165) is 31.6 Å². The minimum atomic E-state index is -0.697. The molecule has 0 saturated heterocycles. The molecule has 2 rings (SSSR count). The summed E-state index contributed by atoms with van der Waals surface area (Å²) in [7, 11) is 0. The van der Waals surface area contributed by atoms with Gasteiger partial charge >= 0.3 is 5.97 Å². The Bertz CT molecular complexity index is 330. The third kappa shape index (κ3) is 4.45. The van der Waals surface area contributed by atoms with E-state index in [9.17, 15) is 4.79 Å². The van der Waals surface area contributed by atoms with E-state index in [1.165, 1.54) is 12.8 Å². The first kappa shape index (κ1) is 15.8. The molecule has 0 aromatic carbocycles. The zero-order chi connectivity index (χ0) is 14.6. The van der Waals surface area contributed by atoms with E-state index in [-0.39, 0.29) is 5.97 Å². The summed E-state index contributed by atoms with van der Waals surface area (Å²) in [4.78, 5) is 12.2. The second kappa shape index (κ2) is 6.90. The van der Waals surface area contributed by atoms with E-state index in [1.54, 1.807) is 0 Å². The van der Waals surface area contributed by atoms with Crippen molar-refractivity contribution >= 4 is 5.97 Å². The lowest BCUT2D eigenvalue weighted by Gasteiger charge is -2.33. The van der Waals surface area contributed by atoms with Crippen LogP contribution in [0.5, 0.6) is 0 Å². The van der Waals surface area contributed by atoms with Crippen molar-refractivity contribution in [1.29, 1.82) is 0 Å². The summed E-state index contributed by atoms with van der Waals surface area (Å²) in [5.41, 5.74) is -0.697. The molecule has 4 heteroatoms. The van der Waals surface area contributed by atoms with Crippen LogP contribution in [0.15, 0.2) is 0 Å². The van der Waals surface area contributed by atoms with Crippen molar-refractivity contribution in [2.75, 3.05) is 13.2 Å². The van der Waals surface area contributed by atoms with Gasteiger partial charge in [-0.05, 0) is 45.4 Å². The minimum absolute atomic E-state index is 0.184. The van der Waals surface area contributed by atoms with Crippen LogP contribution < -0.4 is 5.32 Å². The predicted octanol–water partition coefficient (Wildman–Crippen LogP) is 2.66. The van der Waals surface area contributed by atoms with Gasteiger partial charge in [-0.3, -0.25) is 5.32 Å². The lowest BCUT2D eigenvalue weighted by Crippen LogP contribution is -2.55. The Hall–Kier alpha value is -0.610. The maximum absolute atomic E-state index is 12.2. The maximum atomic E-state index is 12.2. The third-order valence-electron chi connectivity index (χ3n) is 4.32. The van der Waals surface area contributed by atoms with Gasteiger partial charge in [-0.25, -0.2) is 4.79 Å². The van der Waals surface area contributed by atoms with Gasteiger partial charge in [0.2, 0.25) is 0 Å². The molecule has 0 bridgehead atoms. The Morgan fingerprint density at radius 3 is 2.65 bits per heavy atom. The fraction of sp³-hybridized carbons (Fsp3) is 0.938. The third-order valence-corrected chi connectivity index (χ3v) is 4.32. The first-order valence-corrected chi connectivity index (χ1v) is 8.10. The molecule has 0 aromatic rings. The van der Waals surface area contributed by atoms with E-state index in [2.05, 4.69) is 12.2 Å². The fourth-order valence-electron chi connectivity index (χ4n) is 2.94. The van der Waals surface area contributed by atoms with Crippen molar-refractivity contribution in [2.24, 2.45) is 5.92 Å². The van der Waals surface area contributed by atoms with Gasteiger partial charge in [0.25, 0.3) is 0 Å². The second-order valence-corrected chi connectivity index (χ2v) is 6.68. The quantitative estimate of drug-likeness (QED) is 0.730. The Balaban J connectivity index is 1.87. The fourth-order valence-corrected chi connectivity index (χ4v) is 2.94. The van der Waals surface area contributed by atoms with Gasteiger partial charge in [-0.2, -0.15) is 0 Å². The Labute approximate surface area is 122 Å². The van der Waals surface area contributed by atoms with Gasteiger partial charge in [0.15, 0.2) is 0 Å². The van der Waals surface area contributed by atoms with Crippen molar-refractivity contribution in [3.63, 3.8) is 0 Å². The maximum Gasteiger partial charge on any atom is 0.328 e. The van der Waals surface area contributed by atoms with Crippen LogP contribution in [0.3, 0.4) is 0 Å². The molecule has 116 valence electrons. The molecule has 0 spiro atoms. The summed E-state index contributed by atoms with van der Waals surface area (Å²) >= 11 is 0.